The number of ether oxygens (including phenoxy) is 2. The van der Waals surface area contributed by atoms with Crippen LogP contribution < -0.4 is 0 Å². The molecule has 1 aromatic heterocycles. The number of nitrogens with zero attached hydrogens (tertiary/aromatic N) is 2. The average molecular weight is 340 g/mol. The largest absolute Gasteiger partial charge is 0.416 e. The number of alkyl halides is 3. The summed E-state index contributed by atoms with van der Waals surface area (Å²) in [6, 6.07) is 3.76. The fraction of sp³-hybridized carbons (Fsp3) is 0.588. The molecule has 2 aliphatic heterocycles. The summed E-state index contributed by atoms with van der Waals surface area (Å²) in [5, 5.41) is 0. The maximum absolute atomic E-state index is 13.0. The first-order valence-electron chi connectivity index (χ1n) is 8.33. The van der Waals surface area contributed by atoms with Crippen molar-refractivity contribution < 1.29 is 22.6 Å². The van der Waals surface area contributed by atoms with E-state index in [1.807, 2.05) is 4.57 Å². The Hall–Kier alpha value is -1.60. The molecule has 4 nitrogen and oxygen atoms in total. The molecule has 3 heterocycles. The van der Waals surface area contributed by atoms with Crippen LogP contribution in [0.5, 0.6) is 0 Å². The summed E-state index contributed by atoms with van der Waals surface area (Å²) in [6.45, 7) is 2.02. The smallest absolute Gasteiger partial charge is 0.376 e. The van der Waals surface area contributed by atoms with Crippen LogP contribution in [0, 0.1) is 0 Å². The normalized spacial score (nSPS) is 25.0. The number of hydrogen-bond acceptors (Lipinski definition) is 3. The molecule has 4 rings (SSSR count). The van der Waals surface area contributed by atoms with Crippen molar-refractivity contribution in [2.75, 3.05) is 13.2 Å². The maximum atomic E-state index is 13.0. The lowest BCUT2D eigenvalue weighted by atomic mass is 10.2. The van der Waals surface area contributed by atoms with Gasteiger partial charge < -0.3 is 14.0 Å². The van der Waals surface area contributed by atoms with Gasteiger partial charge in [0.1, 0.15) is 11.9 Å². The SMILES string of the molecule is FC(F)(F)c1ccc2c(c1)nc(C1CCCO1)n2CC1CCCO1. The lowest BCUT2D eigenvalue weighted by Crippen LogP contribution is -2.18. The van der Waals surface area contributed by atoms with Gasteiger partial charge in [0.05, 0.1) is 29.2 Å². The van der Waals surface area contributed by atoms with E-state index in [1.165, 1.54) is 6.07 Å². The van der Waals surface area contributed by atoms with Crippen LogP contribution in [-0.4, -0.2) is 28.9 Å². The molecule has 24 heavy (non-hydrogen) atoms. The van der Waals surface area contributed by atoms with Crippen molar-refractivity contribution in [2.45, 2.75) is 50.6 Å². The van der Waals surface area contributed by atoms with Crippen molar-refractivity contribution >= 4 is 11.0 Å². The van der Waals surface area contributed by atoms with Gasteiger partial charge >= 0.3 is 6.18 Å². The van der Waals surface area contributed by atoms with Crippen LogP contribution in [0.2, 0.25) is 0 Å². The number of halogens is 3. The van der Waals surface area contributed by atoms with Gasteiger partial charge in [-0.1, -0.05) is 0 Å². The summed E-state index contributed by atoms with van der Waals surface area (Å²) in [4.78, 5) is 4.49. The highest BCUT2D eigenvalue weighted by Crippen LogP contribution is 2.35. The summed E-state index contributed by atoms with van der Waals surface area (Å²) >= 11 is 0. The Morgan fingerprint density at radius 2 is 1.92 bits per heavy atom. The molecule has 2 saturated heterocycles. The lowest BCUT2D eigenvalue weighted by molar-refractivity contribution is -0.137. The number of imidazole rings is 1. The zero-order chi connectivity index (χ0) is 16.7. The summed E-state index contributed by atoms with van der Waals surface area (Å²) < 4.78 is 52.3. The third-order valence-electron chi connectivity index (χ3n) is 4.73. The van der Waals surface area contributed by atoms with Gasteiger partial charge in [0.25, 0.3) is 0 Å². The van der Waals surface area contributed by atoms with Crippen molar-refractivity contribution in [3.8, 4) is 0 Å². The van der Waals surface area contributed by atoms with Crippen LogP contribution in [0.4, 0.5) is 13.2 Å². The Kier molecular flexibility index (Phi) is 4.00. The van der Waals surface area contributed by atoms with E-state index in [1.54, 1.807) is 0 Å². The molecule has 0 spiro atoms. The highest BCUT2D eigenvalue weighted by Gasteiger charge is 2.32. The molecule has 0 saturated carbocycles. The van der Waals surface area contributed by atoms with E-state index < -0.39 is 11.7 Å². The molecule has 2 fully saturated rings. The molecule has 1 aromatic carbocycles. The molecule has 2 atom stereocenters. The van der Waals surface area contributed by atoms with E-state index in [0.717, 1.165) is 50.2 Å². The first-order valence-corrected chi connectivity index (χ1v) is 8.33. The van der Waals surface area contributed by atoms with Gasteiger partial charge in [-0.2, -0.15) is 13.2 Å². The second-order valence-electron chi connectivity index (χ2n) is 6.42. The van der Waals surface area contributed by atoms with Crippen molar-refractivity contribution in [1.82, 2.24) is 9.55 Å². The zero-order valence-corrected chi connectivity index (χ0v) is 13.2. The average Bonchev–Trinajstić information content (AvgIpc) is 3.27. The predicted octanol–water partition coefficient (Wildman–Crippen LogP) is 4.09. The minimum Gasteiger partial charge on any atom is -0.376 e. The van der Waals surface area contributed by atoms with Crippen LogP contribution >= 0.6 is 0 Å². The van der Waals surface area contributed by atoms with Crippen LogP contribution in [0.15, 0.2) is 18.2 Å². The molecule has 2 unspecified atom stereocenters. The predicted molar refractivity (Wildman–Crippen MR) is 81.6 cm³/mol. The maximum Gasteiger partial charge on any atom is 0.416 e. The summed E-state index contributed by atoms with van der Waals surface area (Å²) in [5.74, 6) is 0.720. The van der Waals surface area contributed by atoms with E-state index in [9.17, 15) is 13.2 Å². The molecule has 130 valence electrons. The van der Waals surface area contributed by atoms with Gasteiger partial charge in [-0.3, -0.25) is 0 Å². The molecule has 7 heteroatoms. The molecule has 0 amide bonds. The highest BCUT2D eigenvalue weighted by molar-refractivity contribution is 5.77. The fourth-order valence-electron chi connectivity index (χ4n) is 3.54. The van der Waals surface area contributed by atoms with Crippen molar-refractivity contribution in [2.24, 2.45) is 0 Å². The quantitative estimate of drug-likeness (QED) is 0.844. The Balaban J connectivity index is 1.77. The van der Waals surface area contributed by atoms with Crippen LogP contribution in [0.1, 0.15) is 43.2 Å². The van der Waals surface area contributed by atoms with E-state index in [4.69, 9.17) is 9.47 Å². The molecule has 2 aliphatic rings. The number of hydrogen-bond donors (Lipinski definition) is 0. The Morgan fingerprint density at radius 3 is 2.58 bits per heavy atom. The summed E-state index contributed by atoms with van der Waals surface area (Å²) in [6.07, 6.45) is -0.646. The van der Waals surface area contributed by atoms with Crippen molar-refractivity contribution in [1.29, 1.82) is 0 Å². The van der Waals surface area contributed by atoms with Gasteiger partial charge in [-0.15, -0.1) is 0 Å². The van der Waals surface area contributed by atoms with E-state index in [0.29, 0.717) is 24.2 Å². The minimum atomic E-state index is -4.36. The van der Waals surface area contributed by atoms with Crippen LogP contribution in [0.25, 0.3) is 11.0 Å². The standard InChI is InChI=1S/C17H19F3N2O2/c18-17(19,20)11-5-6-14-13(9-11)21-16(15-4-2-8-24-15)22(14)10-12-3-1-7-23-12/h5-6,9,12,15H,1-4,7-8,10H2. The van der Waals surface area contributed by atoms with Gasteiger partial charge in [0.2, 0.25) is 0 Å². The summed E-state index contributed by atoms with van der Waals surface area (Å²) in [7, 11) is 0. The number of benzene rings is 1. The molecule has 0 bridgehead atoms. The monoisotopic (exact) mass is 340 g/mol. The Bertz CT molecular complexity index is 729. The Labute approximate surface area is 137 Å². The highest BCUT2D eigenvalue weighted by atomic mass is 19.4. The molecule has 0 N–H and O–H groups in total. The number of fused-ring (bicyclic) bond motifs is 1. The van der Waals surface area contributed by atoms with Gasteiger partial charge in [0, 0.05) is 13.2 Å². The molecule has 0 radical (unpaired) electrons. The van der Waals surface area contributed by atoms with Crippen LogP contribution in [0.3, 0.4) is 0 Å². The number of aromatic nitrogens is 2. The van der Waals surface area contributed by atoms with E-state index >= 15 is 0 Å². The number of rotatable bonds is 3. The zero-order valence-electron chi connectivity index (χ0n) is 13.2. The topological polar surface area (TPSA) is 36.3 Å². The van der Waals surface area contributed by atoms with E-state index in [2.05, 4.69) is 4.98 Å². The lowest BCUT2D eigenvalue weighted by Gasteiger charge is -2.17. The van der Waals surface area contributed by atoms with E-state index in [-0.39, 0.29) is 12.2 Å². The Morgan fingerprint density at radius 1 is 1.12 bits per heavy atom. The molecule has 2 aromatic rings. The first-order chi connectivity index (χ1) is 11.5. The molecular formula is C17H19F3N2O2. The minimum absolute atomic E-state index is 0.0878. The van der Waals surface area contributed by atoms with Crippen molar-refractivity contribution in [3.05, 3.63) is 29.6 Å². The molecular weight excluding hydrogens is 321 g/mol. The van der Waals surface area contributed by atoms with Gasteiger partial charge in [-0.25, -0.2) is 4.98 Å². The van der Waals surface area contributed by atoms with Gasteiger partial charge in [0.15, 0.2) is 0 Å². The second-order valence-corrected chi connectivity index (χ2v) is 6.42. The third kappa shape index (κ3) is 2.91. The van der Waals surface area contributed by atoms with Crippen LogP contribution in [-0.2, 0) is 22.2 Å². The summed E-state index contributed by atoms with van der Waals surface area (Å²) in [5.41, 5.74) is 0.410. The van der Waals surface area contributed by atoms with Crippen molar-refractivity contribution in [3.63, 3.8) is 0 Å². The first kappa shape index (κ1) is 15.9. The molecule has 0 aliphatic carbocycles. The fourth-order valence-corrected chi connectivity index (χ4v) is 3.54. The third-order valence-corrected chi connectivity index (χ3v) is 4.73. The van der Waals surface area contributed by atoms with Gasteiger partial charge in [-0.05, 0) is 43.9 Å². The second kappa shape index (κ2) is 6.04.